The zero-order valence-corrected chi connectivity index (χ0v) is 10.7. The number of rotatable bonds is 6. The third-order valence-corrected chi connectivity index (χ3v) is 2.82. The van der Waals surface area contributed by atoms with Gasteiger partial charge in [-0.1, -0.05) is 18.1 Å². The van der Waals surface area contributed by atoms with E-state index in [2.05, 4.69) is 15.5 Å². The summed E-state index contributed by atoms with van der Waals surface area (Å²) >= 11 is 0. The fourth-order valence-electron chi connectivity index (χ4n) is 1.45. The lowest BCUT2D eigenvalue weighted by molar-refractivity contribution is 0.0555. The van der Waals surface area contributed by atoms with Crippen LogP contribution in [-0.4, -0.2) is 33.3 Å². The minimum absolute atomic E-state index is 0.0188. The maximum absolute atomic E-state index is 9.86. The van der Waals surface area contributed by atoms with Gasteiger partial charge in [0.25, 0.3) is 0 Å². The van der Waals surface area contributed by atoms with Crippen molar-refractivity contribution in [2.45, 2.75) is 32.4 Å². The highest BCUT2D eigenvalue weighted by atomic mass is 16.4. The largest absolute Gasteiger partial charge is 0.409 e. The SMILES string of the molecule is CCC(C)(O)CNCc1cccnc1C(N)=NO. The van der Waals surface area contributed by atoms with Gasteiger partial charge in [-0.2, -0.15) is 0 Å². The molecular formula is C12H20N4O2. The summed E-state index contributed by atoms with van der Waals surface area (Å²) in [6.45, 7) is 4.66. The Bertz CT molecular complexity index is 418. The monoisotopic (exact) mass is 252 g/mol. The number of hydrogen-bond acceptors (Lipinski definition) is 5. The molecule has 6 heteroatoms. The molecule has 1 aromatic heterocycles. The summed E-state index contributed by atoms with van der Waals surface area (Å²) in [6.07, 6.45) is 2.25. The third-order valence-electron chi connectivity index (χ3n) is 2.82. The number of aromatic nitrogens is 1. The first kappa shape index (κ1) is 14.4. The molecule has 0 aliphatic carbocycles. The van der Waals surface area contributed by atoms with Crippen LogP contribution in [0.25, 0.3) is 0 Å². The highest BCUT2D eigenvalue weighted by molar-refractivity contribution is 5.96. The van der Waals surface area contributed by atoms with Gasteiger partial charge in [0.1, 0.15) is 5.69 Å². The number of pyridine rings is 1. The maximum atomic E-state index is 9.86. The molecule has 1 aromatic rings. The summed E-state index contributed by atoms with van der Waals surface area (Å²) in [6, 6.07) is 3.62. The molecule has 0 bridgehead atoms. The number of nitrogens with zero attached hydrogens (tertiary/aromatic N) is 2. The van der Waals surface area contributed by atoms with E-state index in [0.29, 0.717) is 25.2 Å². The van der Waals surface area contributed by atoms with E-state index in [1.54, 1.807) is 19.2 Å². The van der Waals surface area contributed by atoms with Gasteiger partial charge in [-0.3, -0.25) is 4.98 Å². The van der Waals surface area contributed by atoms with Gasteiger partial charge >= 0.3 is 0 Å². The summed E-state index contributed by atoms with van der Waals surface area (Å²) in [5, 5.41) is 24.6. The van der Waals surface area contributed by atoms with Gasteiger partial charge in [-0.05, 0) is 25.0 Å². The number of hydrogen-bond donors (Lipinski definition) is 4. The molecule has 0 fully saturated rings. The van der Waals surface area contributed by atoms with Crippen molar-refractivity contribution in [3.05, 3.63) is 29.6 Å². The van der Waals surface area contributed by atoms with Gasteiger partial charge in [-0.25, -0.2) is 0 Å². The smallest absolute Gasteiger partial charge is 0.189 e. The van der Waals surface area contributed by atoms with Gasteiger partial charge in [0.15, 0.2) is 5.84 Å². The molecule has 1 atom stereocenters. The molecule has 1 unspecified atom stereocenters. The van der Waals surface area contributed by atoms with Crippen LogP contribution in [0.1, 0.15) is 31.5 Å². The second-order valence-corrected chi connectivity index (χ2v) is 4.45. The van der Waals surface area contributed by atoms with E-state index >= 15 is 0 Å². The van der Waals surface area contributed by atoms with E-state index in [1.165, 1.54) is 0 Å². The van der Waals surface area contributed by atoms with Crippen molar-refractivity contribution in [1.82, 2.24) is 10.3 Å². The molecule has 1 heterocycles. The first-order valence-corrected chi connectivity index (χ1v) is 5.85. The van der Waals surface area contributed by atoms with E-state index in [-0.39, 0.29) is 5.84 Å². The minimum Gasteiger partial charge on any atom is -0.409 e. The van der Waals surface area contributed by atoms with Gasteiger partial charge in [0, 0.05) is 19.3 Å². The Morgan fingerprint density at radius 1 is 1.61 bits per heavy atom. The van der Waals surface area contributed by atoms with Crippen molar-refractivity contribution in [1.29, 1.82) is 0 Å². The van der Waals surface area contributed by atoms with Gasteiger partial charge < -0.3 is 21.4 Å². The first-order chi connectivity index (χ1) is 8.50. The fourth-order valence-corrected chi connectivity index (χ4v) is 1.45. The summed E-state index contributed by atoms with van der Waals surface area (Å²) in [7, 11) is 0. The molecule has 0 aliphatic heterocycles. The average molecular weight is 252 g/mol. The second-order valence-electron chi connectivity index (χ2n) is 4.45. The standard InChI is InChI=1S/C12H20N4O2/c1-3-12(2,17)8-14-7-9-5-4-6-15-10(9)11(13)16-18/h4-6,14,17-18H,3,7-8H2,1-2H3,(H2,13,16). The molecule has 0 aliphatic rings. The van der Waals surface area contributed by atoms with Crippen LogP contribution >= 0.6 is 0 Å². The van der Waals surface area contributed by atoms with E-state index in [9.17, 15) is 5.11 Å². The number of nitrogens with two attached hydrogens (primary N) is 1. The first-order valence-electron chi connectivity index (χ1n) is 5.85. The van der Waals surface area contributed by atoms with Crippen molar-refractivity contribution in [2.75, 3.05) is 6.54 Å². The lowest BCUT2D eigenvalue weighted by Crippen LogP contribution is -2.37. The Balaban J connectivity index is 2.68. The van der Waals surface area contributed by atoms with Crippen LogP contribution in [0.5, 0.6) is 0 Å². The van der Waals surface area contributed by atoms with Crippen molar-refractivity contribution < 1.29 is 10.3 Å². The highest BCUT2D eigenvalue weighted by Gasteiger charge is 2.17. The Morgan fingerprint density at radius 2 is 2.33 bits per heavy atom. The van der Waals surface area contributed by atoms with Crippen LogP contribution in [0, 0.1) is 0 Å². The molecule has 0 saturated carbocycles. The molecule has 0 spiro atoms. The molecular weight excluding hydrogens is 232 g/mol. The van der Waals surface area contributed by atoms with Crippen LogP contribution in [0.2, 0.25) is 0 Å². The predicted molar refractivity (Wildman–Crippen MR) is 69.4 cm³/mol. The molecule has 100 valence electrons. The second kappa shape index (κ2) is 6.32. The molecule has 1 rings (SSSR count). The van der Waals surface area contributed by atoms with E-state index < -0.39 is 5.60 Å². The van der Waals surface area contributed by atoms with Crippen molar-refractivity contribution in [3.8, 4) is 0 Å². The summed E-state index contributed by atoms with van der Waals surface area (Å²) in [5.41, 5.74) is 6.07. The number of amidine groups is 1. The lowest BCUT2D eigenvalue weighted by atomic mass is 10.0. The zero-order chi connectivity index (χ0) is 13.6. The van der Waals surface area contributed by atoms with Gasteiger partial charge in [0.2, 0.25) is 0 Å². The van der Waals surface area contributed by atoms with E-state index in [0.717, 1.165) is 5.56 Å². The quantitative estimate of drug-likeness (QED) is 0.254. The molecule has 0 saturated heterocycles. The lowest BCUT2D eigenvalue weighted by Gasteiger charge is -2.21. The highest BCUT2D eigenvalue weighted by Crippen LogP contribution is 2.08. The summed E-state index contributed by atoms with van der Waals surface area (Å²) < 4.78 is 0. The van der Waals surface area contributed by atoms with Crippen molar-refractivity contribution >= 4 is 5.84 Å². The van der Waals surface area contributed by atoms with Gasteiger partial charge in [-0.15, -0.1) is 0 Å². The van der Waals surface area contributed by atoms with Crippen LogP contribution in [0.3, 0.4) is 0 Å². The summed E-state index contributed by atoms with van der Waals surface area (Å²) in [5.74, 6) is -0.0188. The van der Waals surface area contributed by atoms with Crippen molar-refractivity contribution in [3.63, 3.8) is 0 Å². The van der Waals surface area contributed by atoms with Crippen LogP contribution in [0.15, 0.2) is 23.5 Å². The average Bonchev–Trinajstić information content (AvgIpc) is 2.38. The molecule has 0 aromatic carbocycles. The topological polar surface area (TPSA) is 104 Å². The minimum atomic E-state index is -0.737. The van der Waals surface area contributed by atoms with E-state index in [4.69, 9.17) is 10.9 Å². The molecule has 0 amide bonds. The molecule has 5 N–H and O–H groups in total. The Hall–Kier alpha value is -1.66. The third kappa shape index (κ3) is 3.97. The number of oxime groups is 1. The fraction of sp³-hybridized carbons (Fsp3) is 0.500. The Labute approximate surface area is 107 Å². The van der Waals surface area contributed by atoms with Crippen molar-refractivity contribution in [2.24, 2.45) is 10.9 Å². The van der Waals surface area contributed by atoms with Crippen LogP contribution in [-0.2, 0) is 6.54 Å². The predicted octanol–water partition coefficient (Wildman–Crippen LogP) is 0.427. The molecule has 18 heavy (non-hydrogen) atoms. The normalized spacial score (nSPS) is 15.4. The van der Waals surface area contributed by atoms with E-state index in [1.807, 2.05) is 13.0 Å². The molecule has 6 nitrogen and oxygen atoms in total. The number of aliphatic hydroxyl groups is 1. The Kier molecular flexibility index (Phi) is 5.06. The zero-order valence-electron chi connectivity index (χ0n) is 10.7. The van der Waals surface area contributed by atoms with Crippen LogP contribution < -0.4 is 11.1 Å². The number of nitrogens with one attached hydrogen (secondary N) is 1. The van der Waals surface area contributed by atoms with Crippen LogP contribution in [0.4, 0.5) is 0 Å². The summed E-state index contributed by atoms with van der Waals surface area (Å²) in [4.78, 5) is 4.07. The Morgan fingerprint density at radius 3 is 2.94 bits per heavy atom. The molecule has 0 radical (unpaired) electrons. The maximum Gasteiger partial charge on any atom is 0.189 e. The van der Waals surface area contributed by atoms with Gasteiger partial charge in [0.05, 0.1) is 5.60 Å².